The van der Waals surface area contributed by atoms with Crippen LogP contribution in [0.2, 0.25) is 0 Å². The maximum atomic E-state index is 5.37. The fraction of sp³-hybridized carbons (Fsp3) is 0.467. The highest BCUT2D eigenvalue weighted by molar-refractivity contribution is 5.28. The molecule has 0 radical (unpaired) electrons. The van der Waals surface area contributed by atoms with E-state index in [2.05, 4.69) is 15.5 Å². The lowest BCUT2D eigenvalue weighted by Crippen LogP contribution is -2.27. The summed E-state index contributed by atoms with van der Waals surface area (Å²) in [6, 6.07) is 8.15. The van der Waals surface area contributed by atoms with Crippen molar-refractivity contribution in [2.45, 2.75) is 31.7 Å². The van der Waals surface area contributed by atoms with Gasteiger partial charge in [0.15, 0.2) is 5.82 Å². The number of hydrogen-bond donors (Lipinski definition) is 1. The number of aromatic nitrogens is 2. The van der Waals surface area contributed by atoms with E-state index in [0.29, 0.717) is 12.3 Å². The van der Waals surface area contributed by atoms with Crippen molar-refractivity contribution in [2.75, 3.05) is 13.7 Å². The van der Waals surface area contributed by atoms with Crippen LogP contribution in [0.15, 0.2) is 28.8 Å². The van der Waals surface area contributed by atoms with Crippen molar-refractivity contribution >= 4 is 0 Å². The first-order valence-electron chi connectivity index (χ1n) is 7.04. The third-order valence-corrected chi connectivity index (χ3v) is 3.61. The van der Waals surface area contributed by atoms with E-state index < -0.39 is 0 Å². The van der Waals surface area contributed by atoms with Crippen LogP contribution in [0.5, 0.6) is 5.75 Å². The zero-order valence-electron chi connectivity index (χ0n) is 11.6. The van der Waals surface area contributed by atoms with E-state index in [1.54, 1.807) is 7.11 Å². The van der Waals surface area contributed by atoms with E-state index in [0.717, 1.165) is 30.1 Å². The van der Waals surface area contributed by atoms with E-state index >= 15 is 0 Å². The highest BCUT2D eigenvalue weighted by Crippen LogP contribution is 2.22. The van der Waals surface area contributed by atoms with Gasteiger partial charge >= 0.3 is 0 Å². The minimum absolute atomic E-state index is 0.223. The second-order valence-electron chi connectivity index (χ2n) is 5.08. The zero-order chi connectivity index (χ0) is 13.8. The Morgan fingerprint density at radius 2 is 2.15 bits per heavy atom. The van der Waals surface area contributed by atoms with Gasteiger partial charge in [-0.05, 0) is 37.1 Å². The van der Waals surface area contributed by atoms with E-state index in [4.69, 9.17) is 9.26 Å². The van der Waals surface area contributed by atoms with E-state index in [-0.39, 0.29) is 6.04 Å². The molecule has 0 aliphatic carbocycles. The average molecular weight is 273 g/mol. The van der Waals surface area contributed by atoms with Crippen molar-refractivity contribution in [3.63, 3.8) is 0 Å². The largest absolute Gasteiger partial charge is 0.497 e. The van der Waals surface area contributed by atoms with Crippen LogP contribution in [0.3, 0.4) is 0 Å². The second-order valence-corrected chi connectivity index (χ2v) is 5.08. The maximum absolute atomic E-state index is 5.37. The molecule has 0 saturated carbocycles. The monoisotopic (exact) mass is 273 g/mol. The first-order chi connectivity index (χ1) is 9.85. The van der Waals surface area contributed by atoms with Crippen LogP contribution in [0, 0.1) is 0 Å². The summed E-state index contributed by atoms with van der Waals surface area (Å²) in [6.45, 7) is 1.03. The normalized spacial score (nSPS) is 18.9. The molecule has 2 aromatic rings. The number of rotatable bonds is 4. The predicted octanol–water partition coefficient (Wildman–Crippen LogP) is 2.48. The molecule has 5 heteroatoms. The van der Waals surface area contributed by atoms with Crippen LogP contribution in [0.4, 0.5) is 0 Å². The Kier molecular flexibility index (Phi) is 3.97. The molecule has 3 rings (SSSR count). The topological polar surface area (TPSA) is 60.2 Å². The molecule has 0 unspecified atom stereocenters. The maximum Gasteiger partial charge on any atom is 0.243 e. The van der Waals surface area contributed by atoms with Crippen molar-refractivity contribution in [3.05, 3.63) is 41.5 Å². The van der Waals surface area contributed by atoms with Crippen molar-refractivity contribution in [2.24, 2.45) is 0 Å². The molecule has 1 fully saturated rings. The Labute approximate surface area is 118 Å². The number of nitrogens with zero attached hydrogens (tertiary/aromatic N) is 2. The lowest BCUT2D eigenvalue weighted by molar-refractivity contribution is 0.296. The van der Waals surface area contributed by atoms with Gasteiger partial charge in [0, 0.05) is 6.42 Å². The van der Waals surface area contributed by atoms with Crippen molar-refractivity contribution < 1.29 is 9.26 Å². The van der Waals surface area contributed by atoms with Crippen molar-refractivity contribution in [1.82, 2.24) is 15.5 Å². The lowest BCUT2D eigenvalue weighted by Gasteiger charge is -2.19. The first-order valence-corrected chi connectivity index (χ1v) is 7.04. The average Bonchev–Trinajstić information content (AvgIpc) is 2.97. The van der Waals surface area contributed by atoms with Gasteiger partial charge in [0.05, 0.1) is 13.2 Å². The van der Waals surface area contributed by atoms with E-state index in [1.165, 1.54) is 12.8 Å². The molecule has 1 atom stereocenters. The summed E-state index contributed by atoms with van der Waals surface area (Å²) >= 11 is 0. The van der Waals surface area contributed by atoms with Gasteiger partial charge in [0.25, 0.3) is 0 Å². The number of hydrogen-bond acceptors (Lipinski definition) is 5. The predicted molar refractivity (Wildman–Crippen MR) is 74.7 cm³/mol. The summed E-state index contributed by atoms with van der Waals surface area (Å²) < 4.78 is 10.5. The summed E-state index contributed by atoms with van der Waals surface area (Å²) in [4.78, 5) is 4.50. The third-order valence-electron chi connectivity index (χ3n) is 3.61. The first kappa shape index (κ1) is 13.1. The molecule has 0 spiro atoms. The Morgan fingerprint density at radius 1 is 1.30 bits per heavy atom. The standard InChI is InChI=1S/C15H19N3O2/c1-19-12-7-5-11(6-8-12)10-14-17-15(20-18-14)13-4-2-3-9-16-13/h5-8,13,16H,2-4,9-10H2,1H3/t13-/m0/s1. The summed E-state index contributed by atoms with van der Waals surface area (Å²) in [5.74, 6) is 2.31. The highest BCUT2D eigenvalue weighted by atomic mass is 16.5. The van der Waals surface area contributed by atoms with Crippen molar-refractivity contribution in [1.29, 1.82) is 0 Å². The van der Waals surface area contributed by atoms with Gasteiger partial charge in [-0.1, -0.05) is 23.7 Å². The molecule has 1 aliphatic heterocycles. The van der Waals surface area contributed by atoms with E-state index in [1.807, 2.05) is 24.3 Å². The van der Waals surface area contributed by atoms with Crippen LogP contribution in [-0.4, -0.2) is 23.8 Å². The molecule has 20 heavy (non-hydrogen) atoms. The molecule has 0 amide bonds. The summed E-state index contributed by atoms with van der Waals surface area (Å²) in [5.41, 5.74) is 1.15. The number of methoxy groups -OCH3 is 1. The molecular formula is C15H19N3O2. The van der Waals surface area contributed by atoms with Crippen LogP contribution in [-0.2, 0) is 6.42 Å². The summed E-state index contributed by atoms with van der Waals surface area (Å²) in [7, 11) is 1.66. The Morgan fingerprint density at radius 3 is 2.85 bits per heavy atom. The van der Waals surface area contributed by atoms with Crippen LogP contribution >= 0.6 is 0 Å². The fourth-order valence-corrected chi connectivity index (χ4v) is 2.47. The Hall–Kier alpha value is -1.88. The lowest BCUT2D eigenvalue weighted by atomic mass is 10.1. The number of nitrogens with one attached hydrogen (secondary N) is 1. The molecule has 106 valence electrons. The van der Waals surface area contributed by atoms with Gasteiger partial charge in [-0.2, -0.15) is 4.98 Å². The molecule has 1 saturated heterocycles. The van der Waals surface area contributed by atoms with Crippen LogP contribution in [0.25, 0.3) is 0 Å². The zero-order valence-corrected chi connectivity index (χ0v) is 11.6. The molecule has 1 N–H and O–H groups in total. The SMILES string of the molecule is COc1ccc(Cc2noc([C@@H]3CCCCN3)n2)cc1. The molecule has 2 heterocycles. The van der Waals surface area contributed by atoms with Crippen LogP contribution < -0.4 is 10.1 Å². The number of ether oxygens (including phenoxy) is 1. The molecule has 5 nitrogen and oxygen atoms in total. The third kappa shape index (κ3) is 2.99. The fourth-order valence-electron chi connectivity index (χ4n) is 2.47. The molecule has 1 aromatic heterocycles. The Bertz CT molecular complexity index is 545. The molecule has 1 aliphatic rings. The number of piperidine rings is 1. The summed E-state index contributed by atoms with van der Waals surface area (Å²) in [5, 5.41) is 7.49. The van der Waals surface area contributed by atoms with Gasteiger partial charge in [-0.3, -0.25) is 0 Å². The van der Waals surface area contributed by atoms with E-state index in [9.17, 15) is 0 Å². The van der Waals surface area contributed by atoms with Crippen molar-refractivity contribution in [3.8, 4) is 5.75 Å². The minimum Gasteiger partial charge on any atom is -0.497 e. The number of benzene rings is 1. The van der Waals surface area contributed by atoms with Gasteiger partial charge in [-0.25, -0.2) is 0 Å². The van der Waals surface area contributed by atoms with Crippen LogP contribution in [0.1, 0.15) is 42.6 Å². The van der Waals surface area contributed by atoms with Gasteiger partial charge in [0.2, 0.25) is 5.89 Å². The minimum atomic E-state index is 0.223. The van der Waals surface area contributed by atoms with Gasteiger partial charge in [0.1, 0.15) is 5.75 Å². The molecule has 0 bridgehead atoms. The summed E-state index contributed by atoms with van der Waals surface area (Å²) in [6.07, 6.45) is 4.20. The highest BCUT2D eigenvalue weighted by Gasteiger charge is 2.20. The Balaban J connectivity index is 1.66. The second kappa shape index (κ2) is 6.05. The van der Waals surface area contributed by atoms with Gasteiger partial charge < -0.3 is 14.6 Å². The quantitative estimate of drug-likeness (QED) is 0.927. The molecular weight excluding hydrogens is 254 g/mol. The smallest absolute Gasteiger partial charge is 0.243 e. The van der Waals surface area contributed by atoms with Gasteiger partial charge in [-0.15, -0.1) is 0 Å². The molecule has 1 aromatic carbocycles.